The summed E-state index contributed by atoms with van der Waals surface area (Å²) in [6.45, 7) is 1.94. The Morgan fingerprint density at radius 2 is 1.94 bits per heavy atom. The van der Waals surface area contributed by atoms with Gasteiger partial charge in [0.05, 0.1) is 11.6 Å². The van der Waals surface area contributed by atoms with E-state index in [4.69, 9.17) is 5.26 Å². The minimum Gasteiger partial charge on any atom is -0.344 e. The van der Waals surface area contributed by atoms with Crippen LogP contribution in [0.1, 0.15) is 11.1 Å². The summed E-state index contributed by atoms with van der Waals surface area (Å²) in [5.74, 6) is -0.259. The molecule has 2 aromatic carbocycles. The van der Waals surface area contributed by atoms with E-state index in [1.165, 1.54) is 12.1 Å². The number of hydrogen-bond acceptors (Lipinski definition) is 2. The lowest BCUT2D eigenvalue weighted by molar-refractivity contribution is 0.628. The van der Waals surface area contributed by atoms with Gasteiger partial charge in [-0.3, -0.25) is 0 Å². The van der Waals surface area contributed by atoms with Gasteiger partial charge in [0.25, 0.3) is 0 Å². The van der Waals surface area contributed by atoms with E-state index in [2.05, 4.69) is 6.07 Å². The molecule has 0 aliphatic carbocycles. The third-order valence-corrected chi connectivity index (χ3v) is 2.88. The first-order chi connectivity index (χ1) is 8.61. The van der Waals surface area contributed by atoms with Crippen LogP contribution < -0.4 is 4.90 Å². The lowest BCUT2D eigenvalue weighted by Crippen LogP contribution is -2.11. The SMILES string of the molecule is Cc1cc(C#N)ccc1N(C)c1cccc(F)c1. The molecule has 0 aliphatic rings. The molecule has 0 atom stereocenters. The van der Waals surface area contributed by atoms with Gasteiger partial charge >= 0.3 is 0 Å². The molecule has 0 radical (unpaired) electrons. The van der Waals surface area contributed by atoms with E-state index in [-0.39, 0.29) is 5.82 Å². The number of hydrogen-bond donors (Lipinski definition) is 0. The third-order valence-electron chi connectivity index (χ3n) is 2.88. The molecule has 2 nitrogen and oxygen atoms in total. The summed E-state index contributed by atoms with van der Waals surface area (Å²) < 4.78 is 13.2. The average Bonchev–Trinajstić information content (AvgIpc) is 2.37. The van der Waals surface area contributed by atoms with Crippen molar-refractivity contribution in [2.45, 2.75) is 6.92 Å². The number of nitrogens with zero attached hydrogens (tertiary/aromatic N) is 2. The van der Waals surface area contributed by atoms with Crippen LogP contribution in [0.3, 0.4) is 0 Å². The zero-order valence-corrected chi connectivity index (χ0v) is 10.3. The van der Waals surface area contributed by atoms with E-state index >= 15 is 0 Å². The second-order valence-corrected chi connectivity index (χ2v) is 4.15. The van der Waals surface area contributed by atoms with Gasteiger partial charge in [-0.2, -0.15) is 5.26 Å². The molecule has 0 spiro atoms. The quantitative estimate of drug-likeness (QED) is 0.798. The van der Waals surface area contributed by atoms with Gasteiger partial charge in [0, 0.05) is 18.4 Å². The van der Waals surface area contributed by atoms with Crippen LogP contribution in [0.5, 0.6) is 0 Å². The summed E-state index contributed by atoms with van der Waals surface area (Å²) >= 11 is 0. The normalized spacial score (nSPS) is 9.89. The molecule has 3 heteroatoms. The largest absolute Gasteiger partial charge is 0.344 e. The molecule has 0 bridgehead atoms. The molecule has 0 saturated heterocycles. The van der Waals surface area contributed by atoms with E-state index in [0.29, 0.717) is 5.56 Å². The molecule has 2 rings (SSSR count). The zero-order chi connectivity index (χ0) is 13.1. The molecule has 0 aromatic heterocycles. The lowest BCUT2D eigenvalue weighted by Gasteiger charge is -2.21. The highest BCUT2D eigenvalue weighted by atomic mass is 19.1. The Hall–Kier alpha value is -2.34. The fourth-order valence-electron chi connectivity index (χ4n) is 1.93. The first-order valence-electron chi connectivity index (χ1n) is 5.62. The highest BCUT2D eigenvalue weighted by Crippen LogP contribution is 2.27. The summed E-state index contributed by atoms with van der Waals surface area (Å²) in [4.78, 5) is 1.90. The van der Waals surface area contributed by atoms with Crippen LogP contribution in [0.2, 0.25) is 0 Å². The maximum absolute atomic E-state index is 13.2. The molecule has 0 N–H and O–H groups in total. The Balaban J connectivity index is 2.40. The maximum Gasteiger partial charge on any atom is 0.125 e. The number of nitriles is 1. The Morgan fingerprint density at radius 1 is 1.17 bits per heavy atom. The van der Waals surface area contributed by atoms with Crippen LogP contribution in [0.15, 0.2) is 42.5 Å². The summed E-state index contributed by atoms with van der Waals surface area (Å²) in [7, 11) is 1.88. The second kappa shape index (κ2) is 4.89. The number of anilines is 2. The van der Waals surface area contributed by atoms with Crippen molar-refractivity contribution in [3.05, 3.63) is 59.4 Å². The van der Waals surface area contributed by atoms with Gasteiger partial charge in [-0.1, -0.05) is 6.07 Å². The average molecular weight is 240 g/mol. The molecule has 2 aromatic rings. The summed E-state index contributed by atoms with van der Waals surface area (Å²) in [6.07, 6.45) is 0. The van der Waals surface area contributed by atoms with Crippen molar-refractivity contribution in [3.63, 3.8) is 0 Å². The number of rotatable bonds is 2. The molecule has 18 heavy (non-hydrogen) atoms. The first kappa shape index (κ1) is 12.1. The van der Waals surface area contributed by atoms with Gasteiger partial charge in [0.15, 0.2) is 0 Å². The van der Waals surface area contributed by atoms with Crippen molar-refractivity contribution >= 4 is 11.4 Å². The molecule has 0 amide bonds. The fourth-order valence-corrected chi connectivity index (χ4v) is 1.93. The summed E-state index contributed by atoms with van der Waals surface area (Å²) in [6, 6.07) is 14.0. The molecule has 90 valence electrons. The predicted octanol–water partition coefficient (Wildman–Crippen LogP) is 3.77. The van der Waals surface area contributed by atoms with Crippen LogP contribution in [-0.2, 0) is 0 Å². The van der Waals surface area contributed by atoms with E-state index in [1.807, 2.05) is 37.1 Å². The second-order valence-electron chi connectivity index (χ2n) is 4.15. The lowest BCUT2D eigenvalue weighted by atomic mass is 10.1. The van der Waals surface area contributed by atoms with Crippen LogP contribution in [0.4, 0.5) is 15.8 Å². The minimum atomic E-state index is -0.259. The van der Waals surface area contributed by atoms with Crippen LogP contribution >= 0.6 is 0 Å². The number of aryl methyl sites for hydroxylation is 1. The maximum atomic E-state index is 13.2. The molecule has 0 aliphatic heterocycles. The molecule has 0 fully saturated rings. The third kappa shape index (κ3) is 2.33. The van der Waals surface area contributed by atoms with Crippen molar-refractivity contribution in [2.24, 2.45) is 0 Å². The van der Waals surface area contributed by atoms with Crippen molar-refractivity contribution in [3.8, 4) is 6.07 Å². The highest BCUT2D eigenvalue weighted by Gasteiger charge is 2.08. The molecule has 0 saturated carbocycles. The summed E-state index contributed by atoms with van der Waals surface area (Å²) in [5.41, 5.74) is 3.35. The fraction of sp³-hybridized carbons (Fsp3) is 0.133. The van der Waals surface area contributed by atoms with E-state index in [9.17, 15) is 4.39 Å². The van der Waals surface area contributed by atoms with Crippen molar-refractivity contribution < 1.29 is 4.39 Å². The van der Waals surface area contributed by atoms with Crippen molar-refractivity contribution in [2.75, 3.05) is 11.9 Å². The Labute approximate surface area is 106 Å². The Bertz CT molecular complexity index is 614. The number of benzene rings is 2. The van der Waals surface area contributed by atoms with Crippen molar-refractivity contribution in [1.29, 1.82) is 5.26 Å². The standard InChI is InChI=1S/C15H13FN2/c1-11-8-12(10-17)6-7-15(11)18(2)14-5-3-4-13(16)9-14/h3-9H,1-2H3. The number of halogens is 1. The highest BCUT2D eigenvalue weighted by molar-refractivity contribution is 5.66. The van der Waals surface area contributed by atoms with E-state index < -0.39 is 0 Å². The van der Waals surface area contributed by atoms with Gasteiger partial charge in [-0.05, 0) is 48.9 Å². The monoisotopic (exact) mass is 240 g/mol. The Morgan fingerprint density at radius 3 is 2.56 bits per heavy atom. The van der Waals surface area contributed by atoms with Gasteiger partial charge in [-0.25, -0.2) is 4.39 Å². The van der Waals surface area contributed by atoms with Crippen LogP contribution in [0, 0.1) is 24.1 Å². The van der Waals surface area contributed by atoms with E-state index in [1.54, 1.807) is 12.1 Å². The van der Waals surface area contributed by atoms with E-state index in [0.717, 1.165) is 16.9 Å². The van der Waals surface area contributed by atoms with Gasteiger partial charge in [-0.15, -0.1) is 0 Å². The smallest absolute Gasteiger partial charge is 0.125 e. The predicted molar refractivity (Wildman–Crippen MR) is 70.4 cm³/mol. The minimum absolute atomic E-state index is 0.259. The van der Waals surface area contributed by atoms with Gasteiger partial charge in [0.1, 0.15) is 5.82 Å². The molecular weight excluding hydrogens is 227 g/mol. The topological polar surface area (TPSA) is 27.0 Å². The molecule has 0 unspecified atom stereocenters. The van der Waals surface area contributed by atoms with Crippen LogP contribution in [-0.4, -0.2) is 7.05 Å². The van der Waals surface area contributed by atoms with Gasteiger partial charge < -0.3 is 4.90 Å². The summed E-state index contributed by atoms with van der Waals surface area (Å²) in [5, 5.41) is 8.83. The first-order valence-corrected chi connectivity index (χ1v) is 5.62. The van der Waals surface area contributed by atoms with Crippen LogP contribution in [0.25, 0.3) is 0 Å². The van der Waals surface area contributed by atoms with Gasteiger partial charge in [0.2, 0.25) is 0 Å². The zero-order valence-electron chi connectivity index (χ0n) is 10.3. The van der Waals surface area contributed by atoms with Crippen molar-refractivity contribution in [1.82, 2.24) is 0 Å². The Kier molecular flexibility index (Phi) is 3.29. The molecule has 0 heterocycles. The molecular formula is C15H13FN2.